The first-order valence-corrected chi connectivity index (χ1v) is 12.8. The molecule has 0 aliphatic heterocycles. The number of fused-ring (bicyclic) bond motifs is 1. The summed E-state index contributed by atoms with van der Waals surface area (Å²) in [5.41, 5.74) is 0.481. The first kappa shape index (κ1) is 24.8. The number of nitrogens with zero attached hydrogens (tertiary/aromatic N) is 1. The molecule has 0 fully saturated rings. The van der Waals surface area contributed by atoms with Crippen LogP contribution in [0.3, 0.4) is 0 Å². The van der Waals surface area contributed by atoms with Crippen molar-refractivity contribution in [2.24, 2.45) is 0 Å². The van der Waals surface area contributed by atoms with Gasteiger partial charge < -0.3 is 4.98 Å². The highest BCUT2D eigenvalue weighted by Crippen LogP contribution is 2.30. The summed E-state index contributed by atoms with van der Waals surface area (Å²) in [5, 5.41) is 0.136. The maximum absolute atomic E-state index is 15.3. The summed E-state index contributed by atoms with van der Waals surface area (Å²) >= 11 is 5.95. The van der Waals surface area contributed by atoms with Crippen LogP contribution in [-0.2, 0) is 10.0 Å². The Bertz CT molecular complexity index is 1520. The van der Waals surface area contributed by atoms with E-state index in [2.05, 4.69) is 14.7 Å². The van der Waals surface area contributed by atoms with Gasteiger partial charge in [-0.3, -0.25) is 9.52 Å². The van der Waals surface area contributed by atoms with Crippen molar-refractivity contribution in [1.29, 1.82) is 0 Å². The van der Waals surface area contributed by atoms with E-state index in [0.29, 0.717) is 34.5 Å². The van der Waals surface area contributed by atoms with Crippen LogP contribution >= 0.6 is 11.6 Å². The molecule has 0 amide bonds. The van der Waals surface area contributed by atoms with E-state index in [0.717, 1.165) is 17.7 Å². The molecule has 4 rings (SSSR count). The first-order chi connectivity index (χ1) is 16.6. The van der Waals surface area contributed by atoms with Crippen LogP contribution in [0.25, 0.3) is 22.2 Å². The summed E-state index contributed by atoms with van der Waals surface area (Å²) in [6.07, 6.45) is 3.90. The number of carbonyl (C=O) groups excluding carboxylic acids is 1. The van der Waals surface area contributed by atoms with Crippen molar-refractivity contribution in [3.63, 3.8) is 0 Å². The van der Waals surface area contributed by atoms with Crippen molar-refractivity contribution in [3.05, 3.63) is 82.6 Å². The topological polar surface area (TPSA) is 91.9 Å². The van der Waals surface area contributed by atoms with Gasteiger partial charge in [-0.15, -0.1) is 0 Å². The van der Waals surface area contributed by atoms with Crippen molar-refractivity contribution in [2.45, 2.75) is 31.9 Å². The molecule has 2 N–H and O–H groups in total. The zero-order chi connectivity index (χ0) is 25.3. The SMILES string of the molecule is CCCC(C)S(=O)(=O)Nc1ccc(F)c(C(=O)c2c[nH]c3ncc(-c4ccc(Cl)cc4)cc23)c1F. The molecule has 2 aromatic heterocycles. The van der Waals surface area contributed by atoms with E-state index in [1.54, 1.807) is 36.5 Å². The van der Waals surface area contributed by atoms with Crippen LogP contribution in [0.1, 0.15) is 42.6 Å². The number of ketones is 1. The summed E-state index contributed by atoms with van der Waals surface area (Å²) in [4.78, 5) is 20.4. The number of halogens is 3. The Morgan fingerprint density at radius 3 is 2.54 bits per heavy atom. The summed E-state index contributed by atoms with van der Waals surface area (Å²) < 4.78 is 57.2. The second-order valence-corrected chi connectivity index (χ2v) is 10.7. The van der Waals surface area contributed by atoms with E-state index in [1.165, 1.54) is 13.1 Å². The summed E-state index contributed by atoms with van der Waals surface area (Å²) in [7, 11) is -3.93. The molecule has 1 unspecified atom stereocenters. The van der Waals surface area contributed by atoms with Crippen LogP contribution in [0.2, 0.25) is 5.02 Å². The van der Waals surface area contributed by atoms with Gasteiger partial charge in [-0.1, -0.05) is 37.1 Å². The van der Waals surface area contributed by atoms with Crippen molar-refractivity contribution in [3.8, 4) is 11.1 Å². The molecule has 0 spiro atoms. The molecule has 0 radical (unpaired) electrons. The van der Waals surface area contributed by atoms with E-state index >= 15 is 4.39 Å². The van der Waals surface area contributed by atoms with Crippen LogP contribution in [-0.4, -0.2) is 29.4 Å². The number of rotatable bonds is 8. The maximum atomic E-state index is 15.3. The molecule has 35 heavy (non-hydrogen) atoms. The molecule has 182 valence electrons. The Hall–Kier alpha value is -3.30. The third-order valence-electron chi connectivity index (χ3n) is 5.75. The molecular weight excluding hydrogens is 496 g/mol. The highest BCUT2D eigenvalue weighted by molar-refractivity contribution is 7.93. The van der Waals surface area contributed by atoms with E-state index in [-0.39, 0.29) is 5.56 Å². The predicted octanol–water partition coefficient (Wildman–Crippen LogP) is 6.32. The van der Waals surface area contributed by atoms with Crippen LogP contribution < -0.4 is 4.72 Å². The van der Waals surface area contributed by atoms with Gasteiger partial charge in [0.2, 0.25) is 15.8 Å². The Labute approximate surface area is 206 Å². The van der Waals surface area contributed by atoms with Gasteiger partial charge in [0, 0.05) is 33.9 Å². The highest BCUT2D eigenvalue weighted by Gasteiger charge is 2.27. The molecule has 2 heterocycles. The van der Waals surface area contributed by atoms with Crippen molar-refractivity contribution >= 4 is 44.1 Å². The van der Waals surface area contributed by atoms with E-state index < -0.39 is 43.9 Å². The summed E-state index contributed by atoms with van der Waals surface area (Å²) in [5.74, 6) is -3.32. The minimum absolute atomic E-state index is 0.000437. The van der Waals surface area contributed by atoms with Gasteiger partial charge in [0.15, 0.2) is 5.82 Å². The number of hydrogen-bond donors (Lipinski definition) is 2. The third-order valence-corrected chi connectivity index (χ3v) is 7.80. The minimum atomic E-state index is -3.93. The Morgan fingerprint density at radius 1 is 1.14 bits per heavy atom. The number of benzene rings is 2. The van der Waals surface area contributed by atoms with Crippen LogP contribution in [0.4, 0.5) is 14.5 Å². The van der Waals surface area contributed by atoms with Crippen molar-refractivity contribution < 1.29 is 22.0 Å². The first-order valence-electron chi connectivity index (χ1n) is 10.9. The van der Waals surface area contributed by atoms with Gasteiger partial charge in [0.25, 0.3) is 0 Å². The van der Waals surface area contributed by atoms with E-state index in [1.807, 2.05) is 6.92 Å². The molecule has 0 saturated carbocycles. The molecule has 1 atom stereocenters. The monoisotopic (exact) mass is 517 g/mol. The number of hydrogen-bond acceptors (Lipinski definition) is 4. The lowest BCUT2D eigenvalue weighted by Crippen LogP contribution is -2.26. The number of pyridine rings is 1. The highest BCUT2D eigenvalue weighted by atomic mass is 35.5. The predicted molar refractivity (Wildman–Crippen MR) is 133 cm³/mol. The quantitative estimate of drug-likeness (QED) is 0.267. The lowest BCUT2D eigenvalue weighted by molar-refractivity contribution is 0.103. The largest absolute Gasteiger partial charge is 0.345 e. The Morgan fingerprint density at radius 2 is 1.86 bits per heavy atom. The van der Waals surface area contributed by atoms with Gasteiger partial charge in [-0.05, 0) is 49.2 Å². The number of anilines is 1. The lowest BCUT2D eigenvalue weighted by Gasteiger charge is -2.15. The number of aromatic nitrogens is 2. The zero-order valence-corrected chi connectivity index (χ0v) is 20.5. The number of sulfonamides is 1. The molecule has 0 bridgehead atoms. The fraction of sp³-hybridized carbons (Fsp3) is 0.200. The van der Waals surface area contributed by atoms with Crippen LogP contribution in [0.5, 0.6) is 0 Å². The number of H-pyrrole nitrogens is 1. The van der Waals surface area contributed by atoms with Crippen LogP contribution in [0.15, 0.2) is 54.9 Å². The molecule has 0 aliphatic rings. The molecular formula is C25H22ClF2N3O3S. The lowest BCUT2D eigenvalue weighted by atomic mass is 10.00. The average molecular weight is 518 g/mol. The fourth-order valence-electron chi connectivity index (χ4n) is 3.78. The molecule has 2 aromatic carbocycles. The van der Waals surface area contributed by atoms with Crippen LogP contribution in [0, 0.1) is 11.6 Å². The minimum Gasteiger partial charge on any atom is -0.345 e. The number of carbonyl (C=O) groups is 1. The smallest absolute Gasteiger partial charge is 0.235 e. The van der Waals surface area contributed by atoms with Gasteiger partial charge in [-0.2, -0.15) is 0 Å². The van der Waals surface area contributed by atoms with Crippen molar-refractivity contribution in [1.82, 2.24) is 9.97 Å². The van der Waals surface area contributed by atoms with E-state index in [9.17, 15) is 17.6 Å². The maximum Gasteiger partial charge on any atom is 0.235 e. The second kappa shape index (κ2) is 9.75. The Balaban J connectivity index is 1.75. The number of nitrogens with one attached hydrogen (secondary N) is 2. The van der Waals surface area contributed by atoms with E-state index in [4.69, 9.17) is 11.6 Å². The Kier molecular flexibility index (Phi) is 6.91. The second-order valence-electron chi connectivity index (χ2n) is 8.19. The zero-order valence-electron chi connectivity index (χ0n) is 18.9. The average Bonchev–Trinajstić information content (AvgIpc) is 3.25. The third kappa shape index (κ3) is 4.92. The molecule has 10 heteroatoms. The summed E-state index contributed by atoms with van der Waals surface area (Å²) in [6.45, 7) is 3.33. The van der Waals surface area contributed by atoms with Gasteiger partial charge in [-0.25, -0.2) is 22.2 Å². The normalized spacial score (nSPS) is 12.6. The van der Waals surface area contributed by atoms with Gasteiger partial charge in [0.1, 0.15) is 11.5 Å². The fourth-order valence-corrected chi connectivity index (χ4v) is 5.12. The molecule has 4 aromatic rings. The summed E-state index contributed by atoms with van der Waals surface area (Å²) in [6, 6.07) is 10.5. The number of aromatic amines is 1. The molecule has 0 aliphatic carbocycles. The standard InChI is InChI=1S/C25H22ClF2N3O3S/c1-3-4-14(2)35(33,34)31-21-10-9-20(27)22(23(21)28)24(32)19-13-30-25-18(19)11-16(12-29-25)15-5-7-17(26)8-6-15/h5-14,31H,3-4H2,1-2H3,(H,29,30). The molecule has 0 saturated heterocycles. The van der Waals surface area contributed by atoms with Gasteiger partial charge >= 0.3 is 0 Å². The van der Waals surface area contributed by atoms with Crippen molar-refractivity contribution in [2.75, 3.05) is 4.72 Å². The van der Waals surface area contributed by atoms with Gasteiger partial charge in [0.05, 0.1) is 16.5 Å². The molecule has 6 nitrogen and oxygen atoms in total.